The molecule has 7 nitrogen and oxygen atoms in total. The van der Waals surface area contributed by atoms with Crippen molar-refractivity contribution in [2.45, 2.75) is 38.5 Å². The molecule has 1 saturated carbocycles. The van der Waals surface area contributed by atoms with Gasteiger partial charge < -0.3 is 24.6 Å². The first-order valence-electron chi connectivity index (χ1n) is 10.5. The van der Waals surface area contributed by atoms with E-state index in [0.717, 1.165) is 30.8 Å². The predicted octanol–water partition coefficient (Wildman–Crippen LogP) is 3.65. The van der Waals surface area contributed by atoms with E-state index in [-0.39, 0.29) is 12.5 Å². The number of pyridine rings is 1. The molecular weight excluding hydrogens is 444 g/mol. The number of aldehydes is 1. The van der Waals surface area contributed by atoms with Crippen LogP contribution in [0.2, 0.25) is 0 Å². The highest BCUT2D eigenvalue weighted by Gasteiger charge is 2.36. The Morgan fingerprint density at radius 2 is 2.03 bits per heavy atom. The maximum absolute atomic E-state index is 14.4. The van der Waals surface area contributed by atoms with Crippen LogP contribution in [0.25, 0.3) is 0 Å². The van der Waals surface area contributed by atoms with Gasteiger partial charge in [-0.25, -0.2) is 9.37 Å². The molecule has 1 aliphatic carbocycles. The summed E-state index contributed by atoms with van der Waals surface area (Å²) in [7, 11) is 3.15. The molecule has 1 N–H and O–H groups in total. The third kappa shape index (κ3) is 5.82. The van der Waals surface area contributed by atoms with E-state index in [9.17, 15) is 27.2 Å². The zero-order valence-electron chi connectivity index (χ0n) is 18.6. The van der Waals surface area contributed by atoms with Crippen LogP contribution in [0.1, 0.15) is 35.7 Å². The molecule has 1 fully saturated rings. The predicted molar refractivity (Wildman–Crippen MR) is 113 cm³/mol. The number of aromatic nitrogens is 1. The molecule has 180 valence electrons. The summed E-state index contributed by atoms with van der Waals surface area (Å²) in [6.07, 6.45) is 1.44. The Labute approximate surface area is 189 Å². The van der Waals surface area contributed by atoms with Gasteiger partial charge >= 0.3 is 6.18 Å². The lowest BCUT2D eigenvalue weighted by Crippen LogP contribution is -2.39. The summed E-state index contributed by atoms with van der Waals surface area (Å²) in [4.78, 5) is 29.4. The molecule has 3 heterocycles. The lowest BCUT2D eigenvalue weighted by Gasteiger charge is -2.33. The van der Waals surface area contributed by atoms with Crippen LogP contribution in [0, 0.1) is 5.92 Å². The van der Waals surface area contributed by atoms with Crippen LogP contribution in [0.15, 0.2) is 35.6 Å². The van der Waals surface area contributed by atoms with Crippen LogP contribution in [-0.2, 0) is 16.1 Å². The van der Waals surface area contributed by atoms with Gasteiger partial charge in [-0.2, -0.15) is 13.2 Å². The van der Waals surface area contributed by atoms with Crippen LogP contribution >= 0.6 is 0 Å². The molecule has 0 bridgehead atoms. The number of anilines is 1. The number of alkyl halides is 3. The minimum absolute atomic E-state index is 0.138. The first-order valence-corrected chi connectivity index (χ1v) is 10.5. The third-order valence-electron chi connectivity index (χ3n) is 5.59. The van der Waals surface area contributed by atoms with Crippen LogP contribution in [0.5, 0.6) is 0 Å². The Kier molecular flexibility index (Phi) is 7.28. The standard InChI is InChI=1S/C18H20F4N4O2.C4H6O/c1-10(26-8-13-12(16(26)27)4-5-24-15(13)23-2)11-6-14(19)17(25(3)7-11)28-9-18(20,21)22;5-3-4-1-2-4/h4-6,10H,7-9H2,1-3H3,(H,23,24);3-4H,1-2H2. The van der Waals surface area contributed by atoms with E-state index in [0.29, 0.717) is 29.4 Å². The smallest absolute Gasteiger partial charge is 0.422 e. The molecule has 4 rings (SSSR count). The van der Waals surface area contributed by atoms with E-state index < -0.39 is 30.5 Å². The first kappa shape index (κ1) is 24.5. The van der Waals surface area contributed by atoms with Crippen molar-refractivity contribution >= 4 is 18.0 Å². The molecule has 3 aliphatic rings. The van der Waals surface area contributed by atoms with E-state index in [2.05, 4.69) is 15.0 Å². The van der Waals surface area contributed by atoms with Gasteiger partial charge in [-0.05, 0) is 37.5 Å². The molecule has 0 spiro atoms. The van der Waals surface area contributed by atoms with E-state index in [1.165, 1.54) is 18.1 Å². The van der Waals surface area contributed by atoms with Crippen molar-refractivity contribution in [3.05, 3.63) is 46.7 Å². The quantitative estimate of drug-likeness (QED) is 0.506. The first-order chi connectivity index (χ1) is 15.6. The summed E-state index contributed by atoms with van der Waals surface area (Å²) >= 11 is 0. The van der Waals surface area contributed by atoms with E-state index in [1.54, 1.807) is 24.9 Å². The van der Waals surface area contributed by atoms with Gasteiger partial charge in [0, 0.05) is 43.9 Å². The fourth-order valence-electron chi connectivity index (χ4n) is 3.59. The molecule has 1 aromatic heterocycles. The summed E-state index contributed by atoms with van der Waals surface area (Å²) in [5, 5.41) is 2.94. The Bertz CT molecular complexity index is 973. The van der Waals surface area contributed by atoms with Crippen LogP contribution in [-0.4, -0.2) is 66.4 Å². The minimum Gasteiger partial charge on any atom is -0.467 e. The second-order valence-corrected chi connectivity index (χ2v) is 8.15. The fraction of sp³-hybridized carbons (Fsp3) is 0.500. The molecule has 2 aliphatic heterocycles. The van der Waals surface area contributed by atoms with E-state index in [1.807, 2.05) is 0 Å². The number of hydrogen-bond donors (Lipinski definition) is 1. The highest BCUT2D eigenvalue weighted by atomic mass is 19.4. The molecule has 0 radical (unpaired) electrons. The lowest BCUT2D eigenvalue weighted by molar-refractivity contribution is -0.170. The Balaban J connectivity index is 0.000000541. The van der Waals surface area contributed by atoms with Crippen LogP contribution in [0.4, 0.5) is 23.4 Å². The Morgan fingerprint density at radius 1 is 1.33 bits per heavy atom. The normalized spacial score (nSPS) is 18.9. The number of halogens is 4. The number of carbonyl (C=O) groups excluding carboxylic acids is 2. The van der Waals surface area contributed by atoms with Crippen molar-refractivity contribution in [2.24, 2.45) is 5.92 Å². The monoisotopic (exact) mass is 470 g/mol. The van der Waals surface area contributed by atoms with Crippen molar-refractivity contribution in [3.8, 4) is 0 Å². The Hall–Kier alpha value is -3.11. The molecule has 11 heteroatoms. The van der Waals surface area contributed by atoms with Gasteiger partial charge in [0.25, 0.3) is 5.91 Å². The van der Waals surface area contributed by atoms with Crippen molar-refractivity contribution in [2.75, 3.05) is 32.6 Å². The number of likely N-dealkylation sites (N-methyl/N-ethyl adjacent to an activating group) is 1. The SMILES string of the molecule is CNc1nccc2c1CN(C(C)C1=CC(F)=C(OCC(F)(F)F)N(C)C1)C2=O.O=CC1CC1. The zero-order valence-corrected chi connectivity index (χ0v) is 18.6. The van der Waals surface area contributed by atoms with Gasteiger partial charge in [0.15, 0.2) is 12.4 Å². The second kappa shape index (κ2) is 9.80. The topological polar surface area (TPSA) is 74.8 Å². The second-order valence-electron chi connectivity index (χ2n) is 8.15. The average Bonchev–Trinajstić information content (AvgIpc) is 3.54. The summed E-state index contributed by atoms with van der Waals surface area (Å²) in [6.45, 7) is 0.630. The summed E-state index contributed by atoms with van der Waals surface area (Å²) in [5.41, 5.74) is 1.84. The van der Waals surface area contributed by atoms with Gasteiger partial charge in [-0.3, -0.25) is 4.79 Å². The van der Waals surface area contributed by atoms with Gasteiger partial charge in [0.1, 0.15) is 12.1 Å². The molecule has 1 unspecified atom stereocenters. The van der Waals surface area contributed by atoms with Gasteiger partial charge in [0.2, 0.25) is 5.88 Å². The molecule has 1 amide bonds. The molecule has 0 saturated heterocycles. The molecule has 0 aromatic carbocycles. The number of ether oxygens (including phenoxy) is 1. The largest absolute Gasteiger partial charge is 0.467 e. The number of carbonyl (C=O) groups is 2. The summed E-state index contributed by atoms with van der Waals surface area (Å²) in [6, 6.07) is 1.18. The number of rotatable bonds is 6. The van der Waals surface area contributed by atoms with Crippen molar-refractivity contribution < 1.29 is 31.9 Å². The number of nitrogens with one attached hydrogen (secondary N) is 1. The summed E-state index contributed by atoms with van der Waals surface area (Å²) < 4.78 is 56.0. The van der Waals surface area contributed by atoms with Crippen molar-refractivity contribution in [1.29, 1.82) is 0 Å². The third-order valence-corrected chi connectivity index (χ3v) is 5.59. The van der Waals surface area contributed by atoms with Gasteiger partial charge in [-0.1, -0.05) is 0 Å². The van der Waals surface area contributed by atoms with Crippen molar-refractivity contribution in [1.82, 2.24) is 14.8 Å². The van der Waals surface area contributed by atoms with E-state index >= 15 is 0 Å². The van der Waals surface area contributed by atoms with Crippen LogP contribution < -0.4 is 5.32 Å². The number of hydrogen-bond acceptors (Lipinski definition) is 6. The van der Waals surface area contributed by atoms with E-state index in [4.69, 9.17) is 0 Å². The van der Waals surface area contributed by atoms with Crippen molar-refractivity contribution in [3.63, 3.8) is 0 Å². The van der Waals surface area contributed by atoms with Crippen LogP contribution in [0.3, 0.4) is 0 Å². The maximum atomic E-state index is 14.4. The van der Waals surface area contributed by atoms with Gasteiger partial charge in [-0.15, -0.1) is 0 Å². The lowest BCUT2D eigenvalue weighted by atomic mass is 10.0. The highest BCUT2D eigenvalue weighted by Crippen LogP contribution is 2.33. The highest BCUT2D eigenvalue weighted by molar-refractivity contribution is 6.00. The number of nitrogens with zero attached hydrogens (tertiary/aromatic N) is 3. The fourth-order valence-corrected chi connectivity index (χ4v) is 3.59. The Morgan fingerprint density at radius 3 is 2.55 bits per heavy atom. The number of fused-ring (bicyclic) bond motifs is 1. The molecular formula is C22H26F4N4O3. The zero-order chi connectivity index (χ0) is 24.3. The molecule has 1 aromatic rings. The number of allylic oxidation sites excluding steroid dienone is 2. The minimum atomic E-state index is -4.56. The number of amides is 1. The summed E-state index contributed by atoms with van der Waals surface area (Å²) in [5.74, 6) is -0.514. The average molecular weight is 470 g/mol. The molecule has 1 atom stereocenters. The maximum Gasteiger partial charge on any atom is 0.422 e. The van der Waals surface area contributed by atoms with Gasteiger partial charge in [0.05, 0.1) is 12.6 Å². The molecule has 33 heavy (non-hydrogen) atoms.